The summed E-state index contributed by atoms with van der Waals surface area (Å²) in [6.07, 6.45) is 0. The lowest BCUT2D eigenvalue weighted by Crippen LogP contribution is -2.16. The molecule has 0 aliphatic heterocycles. The third-order valence-corrected chi connectivity index (χ3v) is 5.34. The van der Waals surface area contributed by atoms with Crippen LogP contribution in [-0.2, 0) is 5.41 Å². The molecule has 0 fully saturated rings. The van der Waals surface area contributed by atoms with Gasteiger partial charge < -0.3 is 0 Å². The monoisotopic (exact) mass is 298 g/mol. The molecule has 0 spiro atoms. The summed E-state index contributed by atoms with van der Waals surface area (Å²) in [6, 6.07) is 22.3. The molecule has 0 saturated carbocycles. The molecule has 1 aliphatic rings. The summed E-state index contributed by atoms with van der Waals surface area (Å²) < 4.78 is 0. The van der Waals surface area contributed by atoms with Gasteiger partial charge in [0.15, 0.2) is 0 Å². The molecule has 1 aliphatic carbocycles. The lowest BCUT2D eigenvalue weighted by Gasteiger charge is -2.24. The lowest BCUT2D eigenvalue weighted by atomic mass is 9.79. The maximum Gasteiger partial charge on any atom is 0.0161 e. The van der Waals surface area contributed by atoms with E-state index in [0.29, 0.717) is 0 Å². The highest BCUT2D eigenvalue weighted by molar-refractivity contribution is 5.85. The predicted molar refractivity (Wildman–Crippen MR) is 98.9 cm³/mol. The van der Waals surface area contributed by atoms with Crippen LogP contribution in [0.15, 0.2) is 60.7 Å². The molecule has 0 N–H and O–H groups in total. The number of hydrogen-bond acceptors (Lipinski definition) is 0. The Morgan fingerprint density at radius 3 is 2.04 bits per heavy atom. The van der Waals surface area contributed by atoms with Crippen LogP contribution in [0.1, 0.15) is 36.1 Å². The van der Waals surface area contributed by atoms with Crippen LogP contribution in [-0.4, -0.2) is 0 Å². The normalized spacial score (nSPS) is 14.4. The molecule has 0 radical (unpaired) electrons. The third-order valence-electron chi connectivity index (χ3n) is 5.34. The van der Waals surface area contributed by atoms with Crippen molar-refractivity contribution in [3.05, 3.63) is 82.9 Å². The first-order valence-corrected chi connectivity index (χ1v) is 8.31. The zero-order chi connectivity index (χ0) is 16.2. The fourth-order valence-electron chi connectivity index (χ4n) is 4.19. The Balaban J connectivity index is 1.97. The zero-order valence-electron chi connectivity index (χ0n) is 14.3. The van der Waals surface area contributed by atoms with Crippen molar-refractivity contribution in [2.24, 2.45) is 0 Å². The van der Waals surface area contributed by atoms with Crippen molar-refractivity contribution in [1.82, 2.24) is 0 Å². The summed E-state index contributed by atoms with van der Waals surface area (Å²) in [5, 5.41) is 0. The minimum absolute atomic E-state index is 0.0662. The molecule has 0 atom stereocenters. The summed E-state index contributed by atoms with van der Waals surface area (Å²) >= 11 is 0. The Morgan fingerprint density at radius 2 is 1.30 bits per heavy atom. The number of hydrogen-bond donors (Lipinski definition) is 0. The third kappa shape index (κ3) is 1.98. The zero-order valence-corrected chi connectivity index (χ0v) is 14.3. The molecule has 3 aromatic carbocycles. The van der Waals surface area contributed by atoms with Gasteiger partial charge in [-0.25, -0.2) is 0 Å². The molecule has 0 heterocycles. The van der Waals surface area contributed by atoms with Gasteiger partial charge in [0.1, 0.15) is 0 Å². The van der Waals surface area contributed by atoms with E-state index in [1.807, 2.05) is 0 Å². The molecule has 0 unspecified atom stereocenters. The lowest BCUT2D eigenvalue weighted by molar-refractivity contribution is 0.656. The largest absolute Gasteiger partial charge is 0.0619 e. The van der Waals surface area contributed by atoms with Gasteiger partial charge in [-0.2, -0.15) is 0 Å². The van der Waals surface area contributed by atoms with E-state index in [0.717, 1.165) is 0 Å². The van der Waals surface area contributed by atoms with Crippen LogP contribution in [0.25, 0.3) is 22.3 Å². The Hall–Kier alpha value is -2.34. The van der Waals surface area contributed by atoms with Crippen molar-refractivity contribution >= 4 is 0 Å². The first kappa shape index (κ1) is 14.3. The van der Waals surface area contributed by atoms with E-state index in [2.05, 4.69) is 88.4 Å². The van der Waals surface area contributed by atoms with Gasteiger partial charge in [-0.1, -0.05) is 80.1 Å². The van der Waals surface area contributed by atoms with Gasteiger partial charge in [-0.05, 0) is 52.8 Å². The molecule has 114 valence electrons. The minimum Gasteiger partial charge on any atom is -0.0619 e. The summed E-state index contributed by atoms with van der Waals surface area (Å²) in [6.45, 7) is 9.12. The number of rotatable bonds is 1. The average Bonchev–Trinajstić information content (AvgIpc) is 2.78. The van der Waals surface area contributed by atoms with Crippen molar-refractivity contribution in [3.8, 4) is 22.3 Å². The second-order valence-corrected chi connectivity index (χ2v) is 7.20. The highest BCUT2D eigenvalue weighted by Crippen LogP contribution is 2.51. The number of benzene rings is 3. The van der Waals surface area contributed by atoms with Crippen molar-refractivity contribution in [2.75, 3.05) is 0 Å². The average molecular weight is 298 g/mol. The smallest absolute Gasteiger partial charge is 0.0161 e. The Bertz CT molecular complexity index is 896. The second kappa shape index (κ2) is 4.83. The topological polar surface area (TPSA) is 0 Å². The molecule has 0 saturated heterocycles. The standard InChI is InChI=1S/C23H22/c1-15-9-11-17(12-10-15)18-13-14-20-19-7-5-6-8-21(19)23(3,4)22(20)16(18)2/h5-14H,1-4H3. The molecule has 4 rings (SSSR count). The quantitative estimate of drug-likeness (QED) is 0.496. The van der Waals surface area contributed by atoms with Crippen LogP contribution >= 0.6 is 0 Å². The fraction of sp³-hybridized carbons (Fsp3) is 0.217. The predicted octanol–water partition coefficient (Wildman–Crippen LogP) is 6.28. The van der Waals surface area contributed by atoms with Crippen molar-refractivity contribution < 1.29 is 0 Å². The van der Waals surface area contributed by atoms with Gasteiger partial charge in [0, 0.05) is 5.41 Å². The fourth-order valence-corrected chi connectivity index (χ4v) is 4.19. The van der Waals surface area contributed by atoms with Gasteiger partial charge in [-0.3, -0.25) is 0 Å². The van der Waals surface area contributed by atoms with Gasteiger partial charge in [0.25, 0.3) is 0 Å². The van der Waals surface area contributed by atoms with Gasteiger partial charge >= 0.3 is 0 Å². The van der Waals surface area contributed by atoms with E-state index < -0.39 is 0 Å². The van der Waals surface area contributed by atoms with E-state index in [-0.39, 0.29) is 5.41 Å². The van der Waals surface area contributed by atoms with Crippen molar-refractivity contribution in [2.45, 2.75) is 33.1 Å². The molecule has 0 heteroatoms. The number of fused-ring (bicyclic) bond motifs is 3. The maximum absolute atomic E-state index is 2.35. The van der Waals surface area contributed by atoms with Gasteiger partial charge in [0.2, 0.25) is 0 Å². The van der Waals surface area contributed by atoms with E-state index in [1.54, 1.807) is 0 Å². The highest BCUT2D eigenvalue weighted by atomic mass is 14.4. The Morgan fingerprint density at radius 1 is 0.652 bits per heavy atom. The van der Waals surface area contributed by atoms with Crippen molar-refractivity contribution in [1.29, 1.82) is 0 Å². The first-order valence-electron chi connectivity index (χ1n) is 8.31. The summed E-state index contributed by atoms with van der Waals surface area (Å²) in [4.78, 5) is 0. The van der Waals surface area contributed by atoms with E-state index in [1.165, 1.54) is 44.5 Å². The Labute approximate surface area is 138 Å². The SMILES string of the molecule is Cc1ccc(-c2ccc3c(c2C)C(C)(C)c2ccccc2-3)cc1. The maximum atomic E-state index is 2.35. The van der Waals surface area contributed by atoms with E-state index >= 15 is 0 Å². The minimum atomic E-state index is 0.0662. The molecular weight excluding hydrogens is 276 g/mol. The molecular formula is C23H22. The number of aryl methyl sites for hydroxylation is 1. The molecule has 0 nitrogen and oxygen atoms in total. The van der Waals surface area contributed by atoms with Crippen molar-refractivity contribution in [3.63, 3.8) is 0 Å². The molecule has 23 heavy (non-hydrogen) atoms. The van der Waals surface area contributed by atoms with Crippen LogP contribution in [0.3, 0.4) is 0 Å². The Kier molecular flexibility index (Phi) is 2.99. The van der Waals surface area contributed by atoms with Crippen LogP contribution in [0.4, 0.5) is 0 Å². The van der Waals surface area contributed by atoms with Crippen LogP contribution < -0.4 is 0 Å². The van der Waals surface area contributed by atoms with Crippen LogP contribution in [0, 0.1) is 13.8 Å². The summed E-state index contributed by atoms with van der Waals surface area (Å²) in [5.74, 6) is 0. The second-order valence-electron chi connectivity index (χ2n) is 7.20. The summed E-state index contributed by atoms with van der Waals surface area (Å²) in [7, 11) is 0. The van der Waals surface area contributed by atoms with Gasteiger partial charge in [-0.15, -0.1) is 0 Å². The first-order chi connectivity index (χ1) is 11.0. The molecule has 3 aromatic rings. The van der Waals surface area contributed by atoms with E-state index in [4.69, 9.17) is 0 Å². The van der Waals surface area contributed by atoms with Gasteiger partial charge in [0.05, 0.1) is 0 Å². The summed E-state index contributed by atoms with van der Waals surface area (Å²) in [5.41, 5.74) is 11.2. The molecule has 0 bridgehead atoms. The van der Waals surface area contributed by atoms with E-state index in [9.17, 15) is 0 Å². The highest BCUT2D eigenvalue weighted by Gasteiger charge is 2.36. The molecule has 0 amide bonds. The molecule has 0 aromatic heterocycles. The van der Waals surface area contributed by atoms with Crippen LogP contribution in [0.5, 0.6) is 0 Å². The van der Waals surface area contributed by atoms with Crippen LogP contribution in [0.2, 0.25) is 0 Å².